The normalized spacial score (nSPS) is 10.5. The number of hydrogen-bond donors (Lipinski definition) is 2. The lowest BCUT2D eigenvalue weighted by molar-refractivity contribution is -0.387. The third-order valence-corrected chi connectivity index (χ3v) is 2.86. The fraction of sp³-hybridized carbons (Fsp3) is 0.111. The van der Waals surface area contributed by atoms with Crippen LogP contribution >= 0.6 is 0 Å². The first-order chi connectivity index (χ1) is 8.75. The van der Waals surface area contributed by atoms with Crippen molar-refractivity contribution in [2.45, 2.75) is 11.3 Å². The number of nitro groups is 1. The highest BCUT2D eigenvalue weighted by Crippen LogP contribution is 2.27. The number of nitro benzene ring substituents is 1. The SMILES string of the molecule is N#CCC(=O)Nc1ccc(S(=O)(=O)O)c([N+](=O)[O-])c1. The predicted octanol–water partition coefficient (Wildman–Crippen LogP) is 0.694. The Morgan fingerprint density at radius 2 is 2.16 bits per heavy atom. The van der Waals surface area contributed by atoms with E-state index in [1.54, 1.807) is 6.07 Å². The van der Waals surface area contributed by atoms with E-state index in [0.717, 1.165) is 18.2 Å². The largest absolute Gasteiger partial charge is 0.325 e. The summed E-state index contributed by atoms with van der Waals surface area (Å²) in [5, 5.41) is 21.1. The van der Waals surface area contributed by atoms with Gasteiger partial charge in [0.05, 0.1) is 11.0 Å². The van der Waals surface area contributed by atoms with E-state index >= 15 is 0 Å². The maximum absolute atomic E-state index is 11.1. The second-order valence-electron chi connectivity index (χ2n) is 3.30. The molecule has 0 heterocycles. The standard InChI is InChI=1S/C9H7N3O6S/c10-4-3-9(13)11-6-1-2-8(19(16,17)18)7(5-6)12(14)15/h1-2,5H,3H2,(H,11,13)(H,16,17,18). The average molecular weight is 285 g/mol. The summed E-state index contributed by atoms with van der Waals surface area (Å²) in [6.45, 7) is 0. The molecule has 0 saturated carbocycles. The molecule has 1 amide bonds. The Kier molecular flexibility index (Phi) is 4.15. The fourth-order valence-electron chi connectivity index (χ4n) is 1.23. The van der Waals surface area contributed by atoms with Gasteiger partial charge in [0.2, 0.25) is 5.91 Å². The van der Waals surface area contributed by atoms with Crippen LogP contribution in [0.5, 0.6) is 0 Å². The molecule has 0 unspecified atom stereocenters. The summed E-state index contributed by atoms with van der Waals surface area (Å²) in [6, 6.07) is 4.20. The third-order valence-electron chi connectivity index (χ3n) is 1.96. The van der Waals surface area contributed by atoms with E-state index in [0.29, 0.717) is 0 Å². The van der Waals surface area contributed by atoms with Gasteiger partial charge < -0.3 is 5.32 Å². The van der Waals surface area contributed by atoms with Crippen molar-refractivity contribution in [2.24, 2.45) is 0 Å². The molecule has 0 saturated heterocycles. The van der Waals surface area contributed by atoms with Crippen LogP contribution in [-0.2, 0) is 14.9 Å². The molecule has 2 N–H and O–H groups in total. The number of nitrogens with zero attached hydrogens (tertiary/aromatic N) is 2. The first-order valence-electron chi connectivity index (χ1n) is 4.68. The molecule has 9 nitrogen and oxygen atoms in total. The molecule has 0 fully saturated rings. The minimum atomic E-state index is -4.74. The van der Waals surface area contributed by atoms with Crippen molar-refractivity contribution < 1.29 is 22.7 Å². The highest BCUT2D eigenvalue weighted by atomic mass is 32.2. The number of nitriles is 1. The van der Waals surface area contributed by atoms with Crippen LogP contribution in [0.4, 0.5) is 11.4 Å². The molecular formula is C9H7N3O6S. The average Bonchev–Trinajstić information content (AvgIpc) is 2.27. The number of hydrogen-bond acceptors (Lipinski definition) is 6. The molecule has 0 aliphatic carbocycles. The number of anilines is 1. The Balaban J connectivity index is 3.22. The van der Waals surface area contributed by atoms with Crippen LogP contribution in [-0.4, -0.2) is 23.8 Å². The maximum atomic E-state index is 11.1. The van der Waals surface area contributed by atoms with Crippen molar-refractivity contribution >= 4 is 27.4 Å². The van der Waals surface area contributed by atoms with Crippen molar-refractivity contribution in [2.75, 3.05) is 5.32 Å². The van der Waals surface area contributed by atoms with Gasteiger partial charge in [0.15, 0.2) is 4.90 Å². The molecule has 0 aliphatic rings. The Hall–Kier alpha value is -2.51. The predicted molar refractivity (Wildman–Crippen MR) is 61.8 cm³/mol. The molecule has 0 radical (unpaired) electrons. The molecular weight excluding hydrogens is 278 g/mol. The highest BCUT2D eigenvalue weighted by molar-refractivity contribution is 7.86. The molecule has 0 atom stereocenters. The second kappa shape index (κ2) is 5.42. The van der Waals surface area contributed by atoms with E-state index < -0.39 is 38.0 Å². The van der Waals surface area contributed by atoms with Gasteiger partial charge in [0.25, 0.3) is 5.69 Å². The van der Waals surface area contributed by atoms with E-state index in [1.807, 2.05) is 0 Å². The Bertz CT molecular complexity index is 676. The van der Waals surface area contributed by atoms with Gasteiger partial charge in [-0.05, 0) is 12.1 Å². The van der Waals surface area contributed by atoms with Crippen LogP contribution in [0.3, 0.4) is 0 Å². The van der Waals surface area contributed by atoms with E-state index in [1.165, 1.54) is 0 Å². The lowest BCUT2D eigenvalue weighted by atomic mass is 10.2. The smallest absolute Gasteiger partial charge is 0.301 e. The molecule has 0 aliphatic heterocycles. The first kappa shape index (κ1) is 14.6. The number of amides is 1. The quantitative estimate of drug-likeness (QED) is 0.469. The zero-order chi connectivity index (χ0) is 14.6. The molecule has 0 spiro atoms. The number of benzene rings is 1. The number of rotatable bonds is 4. The topological polar surface area (TPSA) is 150 Å². The molecule has 0 aromatic heterocycles. The van der Waals surface area contributed by atoms with E-state index in [-0.39, 0.29) is 5.69 Å². The first-order valence-corrected chi connectivity index (χ1v) is 6.12. The summed E-state index contributed by atoms with van der Waals surface area (Å²) in [7, 11) is -4.74. The third kappa shape index (κ3) is 3.73. The molecule has 1 aromatic carbocycles. The number of nitrogens with one attached hydrogen (secondary N) is 1. The Morgan fingerprint density at radius 3 is 2.63 bits per heavy atom. The van der Waals surface area contributed by atoms with Gasteiger partial charge in [-0.3, -0.25) is 19.5 Å². The second-order valence-corrected chi connectivity index (χ2v) is 4.69. The highest BCUT2D eigenvalue weighted by Gasteiger charge is 2.24. The van der Waals surface area contributed by atoms with Gasteiger partial charge in [0, 0.05) is 11.8 Å². The number of carbonyl (C=O) groups is 1. The van der Waals surface area contributed by atoms with E-state index in [4.69, 9.17) is 9.81 Å². The monoisotopic (exact) mass is 285 g/mol. The minimum absolute atomic E-state index is 0.0562. The summed E-state index contributed by atoms with van der Waals surface area (Å²) in [4.78, 5) is 19.9. The van der Waals surface area contributed by atoms with Crippen molar-refractivity contribution in [1.29, 1.82) is 5.26 Å². The van der Waals surface area contributed by atoms with Gasteiger partial charge in [-0.2, -0.15) is 13.7 Å². The maximum Gasteiger partial charge on any atom is 0.301 e. The fourth-order valence-corrected chi connectivity index (χ4v) is 1.87. The van der Waals surface area contributed by atoms with Gasteiger partial charge in [-0.25, -0.2) is 0 Å². The zero-order valence-corrected chi connectivity index (χ0v) is 10.0. The lowest BCUT2D eigenvalue weighted by Crippen LogP contribution is -2.11. The molecule has 1 aromatic rings. The van der Waals surface area contributed by atoms with Crippen LogP contribution in [0.15, 0.2) is 23.1 Å². The van der Waals surface area contributed by atoms with Crippen molar-refractivity contribution in [1.82, 2.24) is 0 Å². The van der Waals surface area contributed by atoms with Crippen LogP contribution < -0.4 is 5.32 Å². The van der Waals surface area contributed by atoms with Crippen LogP contribution in [0, 0.1) is 21.4 Å². The van der Waals surface area contributed by atoms with E-state index in [2.05, 4.69) is 5.32 Å². The Labute approximate surface area is 107 Å². The zero-order valence-electron chi connectivity index (χ0n) is 9.23. The van der Waals surface area contributed by atoms with Gasteiger partial charge in [-0.1, -0.05) is 0 Å². The molecule has 1 rings (SSSR count). The molecule has 19 heavy (non-hydrogen) atoms. The lowest BCUT2D eigenvalue weighted by Gasteiger charge is -2.04. The van der Waals surface area contributed by atoms with E-state index in [9.17, 15) is 23.3 Å². The number of carbonyl (C=O) groups excluding carboxylic acids is 1. The van der Waals surface area contributed by atoms with Gasteiger partial charge in [0.1, 0.15) is 6.42 Å². The van der Waals surface area contributed by atoms with Crippen LogP contribution in [0.1, 0.15) is 6.42 Å². The van der Waals surface area contributed by atoms with Gasteiger partial charge in [-0.15, -0.1) is 0 Å². The summed E-state index contributed by atoms with van der Waals surface area (Å²) < 4.78 is 30.6. The minimum Gasteiger partial charge on any atom is -0.325 e. The molecule has 0 bridgehead atoms. The van der Waals surface area contributed by atoms with Crippen LogP contribution in [0.25, 0.3) is 0 Å². The van der Waals surface area contributed by atoms with Gasteiger partial charge >= 0.3 is 10.1 Å². The summed E-state index contributed by atoms with van der Waals surface area (Å²) in [5.41, 5.74) is -0.934. The summed E-state index contributed by atoms with van der Waals surface area (Å²) in [5.74, 6) is -0.698. The molecule has 100 valence electrons. The molecule has 10 heteroatoms. The van der Waals surface area contributed by atoms with Crippen molar-refractivity contribution in [3.63, 3.8) is 0 Å². The van der Waals surface area contributed by atoms with Crippen LogP contribution in [0.2, 0.25) is 0 Å². The van der Waals surface area contributed by atoms with Crippen molar-refractivity contribution in [3.05, 3.63) is 28.3 Å². The summed E-state index contributed by atoms with van der Waals surface area (Å²) >= 11 is 0. The Morgan fingerprint density at radius 1 is 1.53 bits per heavy atom. The summed E-state index contributed by atoms with van der Waals surface area (Å²) in [6.07, 6.45) is -0.451. The van der Waals surface area contributed by atoms with Crippen molar-refractivity contribution in [3.8, 4) is 6.07 Å².